The number of nitrogens with one attached hydrogen (secondary N) is 1. The number of imidazole rings is 1. The van der Waals surface area contributed by atoms with Gasteiger partial charge in [0.05, 0.1) is 0 Å². The smallest absolute Gasteiger partial charge is 1.00 e. The summed E-state index contributed by atoms with van der Waals surface area (Å²) in [7, 11) is 0. The Morgan fingerprint density at radius 1 is 1.50 bits per heavy atom. The summed E-state index contributed by atoms with van der Waals surface area (Å²) in [6, 6.07) is 0. The minimum atomic E-state index is 0. The van der Waals surface area contributed by atoms with Crippen LogP contribution in [0.5, 0.6) is 0 Å². The third-order valence-electron chi connectivity index (χ3n) is 0.890. The fourth-order valence-corrected chi connectivity index (χ4v) is 0.491. The van der Waals surface area contributed by atoms with Gasteiger partial charge in [0.1, 0.15) is 5.82 Å². The second-order valence-corrected chi connectivity index (χ2v) is 1.39. The van der Waals surface area contributed by atoms with Gasteiger partial charge in [-0.05, 0) is 0 Å². The zero-order chi connectivity index (χ0) is 5.11. The van der Waals surface area contributed by atoms with Crippen LogP contribution in [0.1, 0.15) is 12.7 Å². The number of aromatic nitrogens is 2. The maximum absolute atomic E-state index is 3.98. The van der Waals surface area contributed by atoms with E-state index in [-0.39, 0.29) is 50.7 Å². The summed E-state index contributed by atoms with van der Waals surface area (Å²) in [6.07, 6.45) is 4.59. The number of hydrogen-bond acceptors (Lipinski definition) is 1. The molecule has 1 rings (SSSR count). The molecular weight excluding hydrogens is 307 g/mol. The summed E-state index contributed by atoms with van der Waals surface area (Å²) < 4.78 is 0. The summed E-state index contributed by atoms with van der Waals surface area (Å²) in [4.78, 5) is 6.95. The predicted octanol–water partition coefficient (Wildman–Crippen LogP) is -5.02. The van der Waals surface area contributed by atoms with Gasteiger partial charge in [0.15, 0.2) is 0 Å². The zero-order valence-corrected chi connectivity index (χ0v) is 9.61. The molecule has 61 valence electrons. The molecule has 1 aromatic rings. The van der Waals surface area contributed by atoms with Crippen LogP contribution in [0.4, 0.5) is 0 Å². The fraction of sp³-hybridized carbons (Fsp3) is 0.400. The van der Waals surface area contributed by atoms with Crippen LogP contribution in [-0.2, 0) is 23.2 Å². The molecule has 0 aliphatic rings. The van der Waals surface area contributed by atoms with Crippen molar-refractivity contribution in [3.05, 3.63) is 18.2 Å². The molecule has 1 aromatic heterocycles. The molecule has 1 heterocycles. The molecule has 0 saturated heterocycles. The van der Waals surface area contributed by atoms with Crippen LogP contribution in [0, 0.1) is 0 Å². The average molecular weight is 315 g/mol. The molecule has 5 heteroatoms. The molecule has 0 unspecified atom stereocenters. The van der Waals surface area contributed by atoms with Crippen molar-refractivity contribution in [2.75, 3.05) is 0 Å². The Bertz CT molecular complexity index is 132. The summed E-state index contributed by atoms with van der Waals surface area (Å²) in [5, 5.41) is 0. The van der Waals surface area contributed by atoms with Gasteiger partial charge in [-0.1, -0.05) is 6.92 Å². The maximum Gasteiger partial charge on any atom is 2.00 e. The standard InChI is InChI=1S/C5H8N2.2BrH.Co/c1-2-5-6-3-4-7-5;;;/h3-4H,2H2,1H3,(H,6,7);2*1H;/q;;;+2/p-2. The van der Waals surface area contributed by atoms with Crippen molar-refractivity contribution in [2.45, 2.75) is 13.3 Å². The molecule has 2 nitrogen and oxygen atoms in total. The van der Waals surface area contributed by atoms with Gasteiger partial charge < -0.3 is 38.9 Å². The molecule has 0 fully saturated rings. The Morgan fingerprint density at radius 2 is 2.10 bits per heavy atom. The van der Waals surface area contributed by atoms with Gasteiger partial charge in [0.25, 0.3) is 0 Å². The monoisotopic (exact) mass is 313 g/mol. The summed E-state index contributed by atoms with van der Waals surface area (Å²) in [5.41, 5.74) is 0. The predicted molar refractivity (Wildman–Crippen MR) is 28.0 cm³/mol. The first kappa shape index (κ1) is 17.0. The van der Waals surface area contributed by atoms with E-state index in [9.17, 15) is 0 Å². The van der Waals surface area contributed by atoms with Crippen molar-refractivity contribution in [2.24, 2.45) is 0 Å². The molecule has 0 aliphatic carbocycles. The van der Waals surface area contributed by atoms with Crippen molar-refractivity contribution >= 4 is 0 Å². The van der Waals surface area contributed by atoms with Crippen molar-refractivity contribution in [1.29, 1.82) is 0 Å². The largest absolute Gasteiger partial charge is 2.00 e. The van der Waals surface area contributed by atoms with E-state index >= 15 is 0 Å². The Morgan fingerprint density at radius 3 is 2.30 bits per heavy atom. The van der Waals surface area contributed by atoms with Crippen LogP contribution in [-0.4, -0.2) is 9.97 Å². The minimum Gasteiger partial charge on any atom is -1.00 e. The second kappa shape index (κ2) is 9.68. The molecule has 1 radical (unpaired) electrons. The Labute approximate surface area is 91.9 Å². The molecule has 0 aliphatic heterocycles. The van der Waals surface area contributed by atoms with Crippen LogP contribution in [0.2, 0.25) is 0 Å². The van der Waals surface area contributed by atoms with Gasteiger partial charge in [-0.2, -0.15) is 0 Å². The first-order chi connectivity index (χ1) is 3.43. The second-order valence-electron chi connectivity index (χ2n) is 1.39. The Balaban J connectivity index is -0.000000163. The number of aromatic amines is 1. The van der Waals surface area contributed by atoms with E-state index in [1.54, 1.807) is 6.20 Å². The van der Waals surface area contributed by atoms with E-state index in [4.69, 9.17) is 0 Å². The van der Waals surface area contributed by atoms with Crippen molar-refractivity contribution in [3.8, 4) is 0 Å². The van der Waals surface area contributed by atoms with Gasteiger partial charge in [-0.15, -0.1) is 0 Å². The third kappa shape index (κ3) is 5.46. The van der Waals surface area contributed by atoms with E-state index in [0.717, 1.165) is 12.2 Å². The van der Waals surface area contributed by atoms with Gasteiger partial charge >= 0.3 is 16.8 Å². The average Bonchev–Trinajstić information content (AvgIpc) is 2.14. The van der Waals surface area contributed by atoms with E-state index in [1.165, 1.54) is 0 Å². The Hall–Kier alpha value is 0.676. The number of halogens is 2. The Kier molecular flexibility index (Phi) is 16.4. The van der Waals surface area contributed by atoms with Crippen LogP contribution >= 0.6 is 0 Å². The van der Waals surface area contributed by atoms with E-state index in [2.05, 4.69) is 16.9 Å². The summed E-state index contributed by atoms with van der Waals surface area (Å²) >= 11 is 0. The molecule has 0 amide bonds. The molecule has 10 heavy (non-hydrogen) atoms. The molecule has 1 N–H and O–H groups in total. The first-order valence-electron chi connectivity index (χ1n) is 2.41. The number of rotatable bonds is 1. The molecular formula is C5H8Br2CoN2. The first-order valence-corrected chi connectivity index (χ1v) is 2.41. The van der Waals surface area contributed by atoms with Crippen LogP contribution < -0.4 is 34.0 Å². The van der Waals surface area contributed by atoms with Gasteiger partial charge in [0.2, 0.25) is 0 Å². The van der Waals surface area contributed by atoms with Crippen molar-refractivity contribution in [1.82, 2.24) is 9.97 Å². The van der Waals surface area contributed by atoms with Crippen LogP contribution in [0.15, 0.2) is 12.4 Å². The number of hydrogen-bond donors (Lipinski definition) is 1. The van der Waals surface area contributed by atoms with Gasteiger partial charge in [-0.25, -0.2) is 4.98 Å². The van der Waals surface area contributed by atoms with Crippen molar-refractivity contribution in [3.63, 3.8) is 0 Å². The molecule has 0 saturated carbocycles. The molecule has 0 bridgehead atoms. The van der Waals surface area contributed by atoms with Crippen molar-refractivity contribution < 1.29 is 50.7 Å². The van der Waals surface area contributed by atoms with Gasteiger partial charge in [0, 0.05) is 18.8 Å². The summed E-state index contributed by atoms with van der Waals surface area (Å²) in [6.45, 7) is 2.07. The number of nitrogens with zero attached hydrogens (tertiary/aromatic N) is 1. The van der Waals surface area contributed by atoms with E-state index in [1.807, 2.05) is 6.20 Å². The topological polar surface area (TPSA) is 28.7 Å². The minimum absolute atomic E-state index is 0. The van der Waals surface area contributed by atoms with Crippen LogP contribution in [0.25, 0.3) is 0 Å². The third-order valence-corrected chi connectivity index (χ3v) is 0.890. The fourth-order valence-electron chi connectivity index (χ4n) is 0.491. The molecule has 0 spiro atoms. The van der Waals surface area contributed by atoms with Crippen LogP contribution in [0.3, 0.4) is 0 Å². The SMILES string of the molecule is CCc1ncc[nH]1.[Br-].[Br-].[Co+2]. The van der Waals surface area contributed by atoms with Gasteiger partial charge in [-0.3, -0.25) is 0 Å². The zero-order valence-electron chi connectivity index (χ0n) is 5.40. The maximum atomic E-state index is 3.98. The number of H-pyrrole nitrogens is 1. The van der Waals surface area contributed by atoms with E-state index < -0.39 is 0 Å². The number of aryl methyl sites for hydroxylation is 1. The quantitative estimate of drug-likeness (QED) is 0.552. The summed E-state index contributed by atoms with van der Waals surface area (Å²) in [5.74, 6) is 1.06. The molecule has 0 aromatic carbocycles. The normalized spacial score (nSPS) is 6.50. The van der Waals surface area contributed by atoms with E-state index in [0.29, 0.717) is 0 Å². The molecule has 0 atom stereocenters.